The highest BCUT2D eigenvalue weighted by molar-refractivity contribution is 6.17. The summed E-state index contributed by atoms with van der Waals surface area (Å²) in [4.78, 5) is 0. The molecule has 3 heteroatoms. The summed E-state index contributed by atoms with van der Waals surface area (Å²) in [6, 6.07) is 0. The summed E-state index contributed by atoms with van der Waals surface area (Å²) in [5.74, 6) is 0. The summed E-state index contributed by atoms with van der Waals surface area (Å²) >= 11 is 0. The van der Waals surface area contributed by atoms with Gasteiger partial charge in [-0.05, 0) is 12.8 Å². The Balaban J connectivity index is 2.92. The zero-order chi connectivity index (χ0) is 16.8. The highest BCUT2D eigenvalue weighted by Gasteiger charge is 1.95. The lowest BCUT2D eigenvalue weighted by Gasteiger charge is -2.06. The first-order chi connectivity index (χ1) is 11.4. The van der Waals surface area contributed by atoms with Crippen LogP contribution in [0.3, 0.4) is 0 Å². The lowest BCUT2D eigenvalue weighted by molar-refractivity contribution is 0.213. The van der Waals surface area contributed by atoms with Crippen molar-refractivity contribution < 1.29 is 8.85 Å². The van der Waals surface area contributed by atoms with E-state index in [1.807, 2.05) is 0 Å². The molecule has 0 aromatic rings. The second-order valence-corrected chi connectivity index (χ2v) is 7.94. The third-order valence-corrected chi connectivity index (χ3v) is 5.36. The second kappa shape index (κ2) is 22.1. The van der Waals surface area contributed by atoms with Gasteiger partial charge in [-0.25, -0.2) is 0 Å². The van der Waals surface area contributed by atoms with Gasteiger partial charge >= 0.3 is 10.0 Å². The Morgan fingerprint density at radius 2 is 0.739 bits per heavy atom. The lowest BCUT2D eigenvalue weighted by Crippen LogP contribution is -2.07. The fraction of sp³-hybridized carbons (Fsp3) is 1.00. The average molecular weight is 345 g/mol. The van der Waals surface area contributed by atoms with Crippen molar-refractivity contribution >= 4 is 10.0 Å². The molecule has 0 aliphatic rings. The molecule has 0 radical (unpaired) electrons. The first-order valence-corrected chi connectivity index (χ1v) is 11.7. The van der Waals surface area contributed by atoms with Crippen LogP contribution in [0.2, 0.25) is 0 Å². The maximum Gasteiger partial charge on any atom is 0.304 e. The van der Waals surface area contributed by atoms with Crippen LogP contribution in [0.5, 0.6) is 0 Å². The Hall–Kier alpha value is 0.137. The highest BCUT2D eigenvalue weighted by Crippen LogP contribution is 2.09. The number of hydrogen-bond acceptors (Lipinski definition) is 2. The molecule has 0 unspecified atom stereocenters. The molecule has 140 valence electrons. The van der Waals surface area contributed by atoms with Crippen molar-refractivity contribution in [3.63, 3.8) is 0 Å². The van der Waals surface area contributed by atoms with Crippen molar-refractivity contribution in [1.29, 1.82) is 0 Å². The van der Waals surface area contributed by atoms with Crippen LogP contribution in [0.4, 0.5) is 0 Å². The van der Waals surface area contributed by atoms with Crippen LogP contribution in [-0.2, 0) is 8.85 Å². The molecule has 0 bridgehead atoms. The minimum atomic E-state index is -0.690. The number of unbranched alkanes of at least 4 members (excludes halogenated alkanes) is 14. The second-order valence-electron chi connectivity index (χ2n) is 6.88. The van der Waals surface area contributed by atoms with Gasteiger partial charge < -0.3 is 8.85 Å². The Labute approximate surface area is 149 Å². The van der Waals surface area contributed by atoms with Gasteiger partial charge in [0.1, 0.15) is 0 Å². The van der Waals surface area contributed by atoms with E-state index in [4.69, 9.17) is 8.85 Å². The Morgan fingerprint density at radius 1 is 0.435 bits per heavy atom. The van der Waals surface area contributed by atoms with Crippen LogP contribution in [0.25, 0.3) is 0 Å². The third kappa shape index (κ3) is 22.1. The van der Waals surface area contributed by atoms with Crippen molar-refractivity contribution in [3.05, 3.63) is 0 Å². The van der Waals surface area contributed by atoms with Gasteiger partial charge in [-0.2, -0.15) is 0 Å². The molecule has 0 amide bonds. The smallest absolute Gasteiger partial charge is 0.304 e. The van der Waals surface area contributed by atoms with Crippen molar-refractivity contribution in [2.45, 2.75) is 117 Å². The summed E-state index contributed by atoms with van der Waals surface area (Å²) in [7, 11) is -0.690. The largest absolute Gasteiger partial charge is 0.399 e. The molecule has 0 fully saturated rings. The van der Waals surface area contributed by atoms with Crippen LogP contribution >= 0.6 is 0 Å². The van der Waals surface area contributed by atoms with Crippen LogP contribution < -0.4 is 0 Å². The molecule has 0 atom stereocenters. The number of hydrogen-bond donors (Lipinski definition) is 0. The predicted octanol–water partition coefficient (Wildman–Crippen LogP) is 6.30. The van der Waals surface area contributed by atoms with Gasteiger partial charge in [0.25, 0.3) is 0 Å². The van der Waals surface area contributed by atoms with Gasteiger partial charge in [-0.15, -0.1) is 0 Å². The quantitative estimate of drug-likeness (QED) is 0.190. The molecule has 2 nitrogen and oxygen atoms in total. The van der Waals surface area contributed by atoms with Crippen LogP contribution in [-0.4, -0.2) is 23.2 Å². The maximum atomic E-state index is 5.67. The summed E-state index contributed by atoms with van der Waals surface area (Å²) < 4.78 is 11.3. The van der Waals surface area contributed by atoms with Gasteiger partial charge in [0.05, 0.1) is 0 Å². The molecule has 0 saturated heterocycles. The minimum Gasteiger partial charge on any atom is -0.399 e. The van der Waals surface area contributed by atoms with Crippen LogP contribution in [0.1, 0.15) is 117 Å². The summed E-state index contributed by atoms with van der Waals surface area (Å²) in [5.41, 5.74) is 0. The molecule has 0 heterocycles. The Morgan fingerprint density at radius 3 is 1.09 bits per heavy atom. The lowest BCUT2D eigenvalue weighted by atomic mass is 10.1. The maximum absolute atomic E-state index is 5.67. The van der Waals surface area contributed by atoms with E-state index in [9.17, 15) is 0 Å². The predicted molar refractivity (Wildman–Crippen MR) is 106 cm³/mol. The normalized spacial score (nSPS) is 11.2. The van der Waals surface area contributed by atoms with Gasteiger partial charge in [0.2, 0.25) is 0 Å². The molecule has 0 rings (SSSR count). The van der Waals surface area contributed by atoms with E-state index < -0.39 is 10.0 Å². The monoisotopic (exact) mass is 344 g/mol. The highest BCUT2D eigenvalue weighted by atomic mass is 28.3. The molecule has 0 spiro atoms. The summed E-state index contributed by atoms with van der Waals surface area (Å²) in [6.07, 6.45) is 21.9. The standard InChI is InChI=1S/C20H44O2Si/c1-3-5-7-9-11-13-15-17-19-21-23-22-20-18-16-14-12-10-8-6-4-2/h3-20,23H2,1-2H3. The van der Waals surface area contributed by atoms with Crippen molar-refractivity contribution in [2.24, 2.45) is 0 Å². The fourth-order valence-corrected chi connectivity index (χ4v) is 3.61. The zero-order valence-electron chi connectivity index (χ0n) is 16.3. The van der Waals surface area contributed by atoms with E-state index in [0.717, 1.165) is 13.2 Å². The number of rotatable bonds is 20. The van der Waals surface area contributed by atoms with E-state index in [2.05, 4.69) is 13.8 Å². The summed E-state index contributed by atoms with van der Waals surface area (Å²) in [6.45, 7) is 6.41. The van der Waals surface area contributed by atoms with Crippen molar-refractivity contribution in [3.8, 4) is 0 Å². The van der Waals surface area contributed by atoms with Crippen LogP contribution in [0.15, 0.2) is 0 Å². The molecule has 23 heavy (non-hydrogen) atoms. The van der Waals surface area contributed by atoms with Gasteiger partial charge in [0, 0.05) is 13.2 Å². The topological polar surface area (TPSA) is 18.5 Å². The molecule has 0 aliphatic heterocycles. The first kappa shape index (κ1) is 23.1. The minimum absolute atomic E-state index is 0.690. The molecule has 0 aromatic carbocycles. The van der Waals surface area contributed by atoms with E-state index >= 15 is 0 Å². The fourth-order valence-electron chi connectivity index (χ4n) is 2.85. The van der Waals surface area contributed by atoms with Gasteiger partial charge in [-0.3, -0.25) is 0 Å². The SMILES string of the molecule is CCCCCCCCCCO[SiH2]OCCCCCCCCCC. The van der Waals surface area contributed by atoms with E-state index in [0.29, 0.717) is 0 Å². The molecule has 0 saturated carbocycles. The zero-order valence-corrected chi connectivity index (χ0v) is 17.7. The van der Waals surface area contributed by atoms with E-state index in [1.54, 1.807) is 0 Å². The summed E-state index contributed by atoms with van der Waals surface area (Å²) in [5, 5.41) is 0. The average Bonchev–Trinajstić information content (AvgIpc) is 2.57. The van der Waals surface area contributed by atoms with E-state index in [-0.39, 0.29) is 0 Å². The van der Waals surface area contributed by atoms with Crippen molar-refractivity contribution in [2.75, 3.05) is 13.2 Å². The third-order valence-electron chi connectivity index (χ3n) is 4.45. The Bertz CT molecular complexity index is 180. The molecular weight excluding hydrogens is 300 g/mol. The van der Waals surface area contributed by atoms with Crippen LogP contribution in [0, 0.1) is 0 Å². The molecule has 0 N–H and O–H groups in total. The molecular formula is C20H44O2Si. The molecule has 0 aromatic heterocycles. The first-order valence-electron chi connectivity index (χ1n) is 10.6. The van der Waals surface area contributed by atoms with Crippen molar-refractivity contribution in [1.82, 2.24) is 0 Å². The van der Waals surface area contributed by atoms with Gasteiger partial charge in [-0.1, -0.05) is 104 Å². The molecule has 0 aliphatic carbocycles. The van der Waals surface area contributed by atoms with Gasteiger partial charge in [0.15, 0.2) is 0 Å². The van der Waals surface area contributed by atoms with E-state index in [1.165, 1.54) is 103 Å². The Kier molecular flexibility index (Phi) is 22.3.